The van der Waals surface area contributed by atoms with Crippen LogP contribution in [0.1, 0.15) is 25.7 Å². The van der Waals surface area contributed by atoms with Crippen LogP contribution in [0.15, 0.2) is 33.5 Å². The number of hydrogen-bond acceptors (Lipinski definition) is 4. The highest BCUT2D eigenvalue weighted by Gasteiger charge is 2.47. The van der Waals surface area contributed by atoms with E-state index in [-0.39, 0.29) is 30.9 Å². The van der Waals surface area contributed by atoms with E-state index in [1.54, 1.807) is 6.07 Å². The average Bonchev–Trinajstić information content (AvgIpc) is 3.25. The molecule has 4 atom stereocenters. The molecule has 0 aliphatic heterocycles. The molecule has 2 N–H and O–H groups in total. The van der Waals surface area contributed by atoms with Crippen LogP contribution in [0.4, 0.5) is 0 Å². The number of rotatable bonds is 5. The lowest BCUT2D eigenvalue weighted by Crippen LogP contribution is -2.45. The standard InChI is InChI=1S/C18H22N2O4/c21-10-13-11-5-6-12(9-11)17(13)19-16(22)7-8-20-14-3-1-2-4-15(14)24-18(20)23/h1-4,11-13,17,21H,5-10H2,(H,19,22). The predicted molar refractivity (Wildman–Crippen MR) is 88.4 cm³/mol. The monoisotopic (exact) mass is 330 g/mol. The fourth-order valence-corrected chi connectivity index (χ4v) is 4.60. The van der Waals surface area contributed by atoms with Crippen LogP contribution in [0.3, 0.4) is 0 Å². The number of aliphatic hydroxyl groups is 1. The Morgan fingerprint density at radius 3 is 2.92 bits per heavy atom. The molecule has 2 bridgehead atoms. The molecule has 6 heteroatoms. The zero-order valence-electron chi connectivity index (χ0n) is 13.5. The summed E-state index contributed by atoms with van der Waals surface area (Å²) >= 11 is 0. The molecule has 128 valence electrons. The summed E-state index contributed by atoms with van der Waals surface area (Å²) in [6.07, 6.45) is 3.65. The molecule has 1 amide bonds. The minimum atomic E-state index is -0.433. The SMILES string of the molecule is O=C(CCn1c(=O)oc2ccccc21)NC1C2CCC(C2)C1CO. The predicted octanol–water partition coefficient (Wildman–Crippen LogP) is 1.51. The first-order valence-corrected chi connectivity index (χ1v) is 8.66. The van der Waals surface area contributed by atoms with Crippen molar-refractivity contribution >= 4 is 17.0 Å². The number of amides is 1. The number of hydrogen-bond donors (Lipinski definition) is 2. The van der Waals surface area contributed by atoms with Crippen molar-refractivity contribution in [1.29, 1.82) is 0 Å². The van der Waals surface area contributed by atoms with E-state index in [0.29, 0.717) is 29.5 Å². The first-order valence-electron chi connectivity index (χ1n) is 8.66. The Bertz CT molecular complexity index is 809. The van der Waals surface area contributed by atoms with E-state index in [9.17, 15) is 14.7 Å². The highest BCUT2D eigenvalue weighted by atomic mass is 16.4. The number of nitrogens with zero attached hydrogens (tertiary/aromatic N) is 1. The molecule has 0 radical (unpaired) electrons. The van der Waals surface area contributed by atoms with Crippen LogP contribution in [-0.4, -0.2) is 28.2 Å². The van der Waals surface area contributed by atoms with Crippen LogP contribution in [-0.2, 0) is 11.3 Å². The first-order chi connectivity index (χ1) is 11.7. The van der Waals surface area contributed by atoms with Gasteiger partial charge in [-0.05, 0) is 43.2 Å². The number of aliphatic hydroxyl groups excluding tert-OH is 1. The van der Waals surface area contributed by atoms with E-state index in [1.165, 1.54) is 11.0 Å². The lowest BCUT2D eigenvalue weighted by Gasteiger charge is -2.30. The molecule has 2 fully saturated rings. The molecule has 1 heterocycles. The second-order valence-corrected chi connectivity index (χ2v) is 7.01. The van der Waals surface area contributed by atoms with Gasteiger partial charge >= 0.3 is 5.76 Å². The average molecular weight is 330 g/mol. The third kappa shape index (κ3) is 2.55. The van der Waals surface area contributed by atoms with E-state index in [0.717, 1.165) is 12.8 Å². The van der Waals surface area contributed by atoms with Crippen LogP contribution >= 0.6 is 0 Å². The Labute approximate surface area is 139 Å². The molecule has 2 aliphatic carbocycles. The van der Waals surface area contributed by atoms with Crippen molar-refractivity contribution in [3.63, 3.8) is 0 Å². The van der Waals surface area contributed by atoms with Gasteiger partial charge in [0.25, 0.3) is 0 Å². The molecule has 4 rings (SSSR count). The minimum Gasteiger partial charge on any atom is -0.408 e. The summed E-state index contributed by atoms with van der Waals surface area (Å²) in [5.41, 5.74) is 1.25. The van der Waals surface area contributed by atoms with E-state index in [2.05, 4.69) is 5.32 Å². The summed E-state index contributed by atoms with van der Waals surface area (Å²) < 4.78 is 6.68. The lowest BCUT2D eigenvalue weighted by atomic mass is 9.85. The Balaban J connectivity index is 1.42. The number of benzene rings is 1. The molecule has 24 heavy (non-hydrogen) atoms. The highest BCUT2D eigenvalue weighted by molar-refractivity contribution is 5.77. The molecule has 0 spiro atoms. The van der Waals surface area contributed by atoms with Gasteiger partial charge in [-0.1, -0.05) is 12.1 Å². The van der Waals surface area contributed by atoms with E-state index in [1.807, 2.05) is 18.2 Å². The van der Waals surface area contributed by atoms with Crippen molar-refractivity contribution in [2.75, 3.05) is 6.61 Å². The third-order valence-corrected chi connectivity index (χ3v) is 5.76. The summed E-state index contributed by atoms with van der Waals surface area (Å²) in [5, 5.41) is 12.7. The van der Waals surface area contributed by atoms with Crippen LogP contribution < -0.4 is 11.1 Å². The van der Waals surface area contributed by atoms with Gasteiger partial charge in [-0.3, -0.25) is 9.36 Å². The van der Waals surface area contributed by atoms with Crippen LogP contribution in [0.2, 0.25) is 0 Å². The lowest BCUT2D eigenvalue weighted by molar-refractivity contribution is -0.122. The van der Waals surface area contributed by atoms with Gasteiger partial charge in [-0.25, -0.2) is 4.79 Å². The third-order valence-electron chi connectivity index (χ3n) is 5.76. The Morgan fingerprint density at radius 1 is 1.29 bits per heavy atom. The van der Waals surface area contributed by atoms with Gasteiger partial charge in [0.2, 0.25) is 5.91 Å². The van der Waals surface area contributed by atoms with Gasteiger partial charge in [0.15, 0.2) is 5.58 Å². The van der Waals surface area contributed by atoms with Crippen LogP contribution in [0.25, 0.3) is 11.1 Å². The minimum absolute atomic E-state index is 0.0665. The number of carbonyl (C=O) groups is 1. The fraction of sp³-hybridized carbons (Fsp3) is 0.556. The topological polar surface area (TPSA) is 84.5 Å². The zero-order valence-corrected chi connectivity index (χ0v) is 13.5. The number of para-hydroxylation sites is 2. The molecular formula is C18H22N2O4. The van der Waals surface area contributed by atoms with Gasteiger partial charge in [0.1, 0.15) is 0 Å². The number of nitrogens with one attached hydrogen (secondary N) is 1. The molecule has 0 saturated heterocycles. The smallest absolute Gasteiger partial charge is 0.408 e. The highest BCUT2D eigenvalue weighted by Crippen LogP contribution is 2.48. The quantitative estimate of drug-likeness (QED) is 0.870. The van der Waals surface area contributed by atoms with Crippen molar-refractivity contribution in [3.8, 4) is 0 Å². The number of fused-ring (bicyclic) bond motifs is 3. The summed E-state index contributed by atoms with van der Waals surface area (Å²) in [6, 6.07) is 7.30. The zero-order chi connectivity index (χ0) is 16.7. The second kappa shape index (κ2) is 6.09. The van der Waals surface area contributed by atoms with E-state index >= 15 is 0 Å². The Kier molecular flexibility index (Phi) is 3.92. The van der Waals surface area contributed by atoms with Crippen LogP contribution in [0.5, 0.6) is 0 Å². The number of carbonyl (C=O) groups excluding carboxylic acids is 1. The number of oxazole rings is 1. The molecular weight excluding hydrogens is 308 g/mol. The molecule has 6 nitrogen and oxygen atoms in total. The van der Waals surface area contributed by atoms with Crippen molar-refractivity contribution in [2.24, 2.45) is 17.8 Å². The van der Waals surface area contributed by atoms with E-state index in [4.69, 9.17) is 4.42 Å². The first kappa shape index (κ1) is 15.4. The Hall–Kier alpha value is -2.08. The normalized spacial score (nSPS) is 28.5. The molecule has 2 saturated carbocycles. The maximum absolute atomic E-state index is 12.3. The fourth-order valence-electron chi connectivity index (χ4n) is 4.60. The molecule has 1 aromatic carbocycles. The van der Waals surface area contributed by atoms with Gasteiger partial charge in [0, 0.05) is 31.5 Å². The maximum Gasteiger partial charge on any atom is 0.419 e. The van der Waals surface area contributed by atoms with Gasteiger partial charge in [-0.15, -0.1) is 0 Å². The maximum atomic E-state index is 12.3. The summed E-state index contributed by atoms with van der Waals surface area (Å²) in [5.74, 6) is 0.727. The van der Waals surface area contributed by atoms with Gasteiger partial charge < -0.3 is 14.8 Å². The van der Waals surface area contributed by atoms with Crippen LogP contribution in [0, 0.1) is 17.8 Å². The largest absolute Gasteiger partial charge is 0.419 e. The van der Waals surface area contributed by atoms with E-state index < -0.39 is 5.76 Å². The van der Waals surface area contributed by atoms with Gasteiger partial charge in [-0.2, -0.15) is 0 Å². The molecule has 2 aromatic rings. The van der Waals surface area contributed by atoms with Crippen molar-refractivity contribution in [1.82, 2.24) is 9.88 Å². The molecule has 1 aromatic heterocycles. The van der Waals surface area contributed by atoms with Gasteiger partial charge in [0.05, 0.1) is 5.52 Å². The molecule has 4 unspecified atom stereocenters. The Morgan fingerprint density at radius 2 is 2.08 bits per heavy atom. The summed E-state index contributed by atoms with van der Waals surface area (Å²) in [4.78, 5) is 24.3. The van der Waals surface area contributed by atoms with Crippen molar-refractivity contribution < 1.29 is 14.3 Å². The number of aryl methyl sites for hydroxylation is 1. The molecule has 2 aliphatic rings. The summed E-state index contributed by atoms with van der Waals surface area (Å²) in [7, 11) is 0. The number of aromatic nitrogens is 1. The summed E-state index contributed by atoms with van der Waals surface area (Å²) in [6.45, 7) is 0.435. The van der Waals surface area contributed by atoms with Crippen molar-refractivity contribution in [3.05, 3.63) is 34.8 Å². The van der Waals surface area contributed by atoms with Crippen molar-refractivity contribution in [2.45, 2.75) is 38.3 Å². The second-order valence-electron chi connectivity index (χ2n) is 7.01.